The van der Waals surface area contributed by atoms with Gasteiger partial charge >= 0.3 is 7.68 Å². The number of rotatable bonds is 10. The molecular formula is C19H30FO3PS. The van der Waals surface area contributed by atoms with Crippen LogP contribution in [0.4, 0.5) is 4.20 Å². The van der Waals surface area contributed by atoms with Crippen molar-refractivity contribution in [1.82, 2.24) is 0 Å². The zero-order valence-electron chi connectivity index (χ0n) is 16.1. The Morgan fingerprint density at radius 3 is 2.64 bits per heavy atom. The fourth-order valence-corrected chi connectivity index (χ4v) is 4.40. The lowest BCUT2D eigenvalue weighted by molar-refractivity contribution is 0.133. The molecule has 3 nitrogen and oxygen atoms in total. The fraction of sp³-hybridized carbons (Fsp3) is 0.579. The minimum Gasteiger partial charge on any atom is -0.363 e. The molecule has 0 aliphatic rings. The average Bonchev–Trinajstić information content (AvgIpc) is 2.76. The standard InChI is InChI=1S/C19H30FO3PS/c1-14(2)8-7-9-16(5)10-18-11-17(6)19(25-18)12-22-13-24(20,21)23-15(3)4/h8,10-11,15H,7,9,12-13H2,1-6H3/b16-10+. The summed E-state index contributed by atoms with van der Waals surface area (Å²) in [5.41, 5.74) is 3.77. The van der Waals surface area contributed by atoms with Crippen LogP contribution in [-0.4, -0.2) is 12.5 Å². The van der Waals surface area contributed by atoms with Crippen molar-refractivity contribution in [3.63, 3.8) is 0 Å². The normalized spacial score (nSPS) is 14.6. The molecule has 0 aliphatic heterocycles. The Morgan fingerprint density at radius 1 is 1.36 bits per heavy atom. The highest BCUT2D eigenvalue weighted by Crippen LogP contribution is 2.49. The lowest BCUT2D eigenvalue weighted by Gasteiger charge is -2.12. The van der Waals surface area contributed by atoms with E-state index in [0.29, 0.717) is 0 Å². The number of hydrogen-bond donors (Lipinski definition) is 0. The van der Waals surface area contributed by atoms with Gasteiger partial charge in [0.2, 0.25) is 0 Å². The Kier molecular flexibility index (Phi) is 9.29. The zero-order valence-corrected chi connectivity index (χ0v) is 17.8. The third-order valence-corrected chi connectivity index (χ3v) is 5.75. The molecule has 142 valence electrons. The lowest BCUT2D eigenvalue weighted by atomic mass is 10.1. The summed E-state index contributed by atoms with van der Waals surface area (Å²) in [5.74, 6) is 0. The summed E-state index contributed by atoms with van der Waals surface area (Å²) >= 11 is 1.62. The highest BCUT2D eigenvalue weighted by molar-refractivity contribution is 7.53. The third kappa shape index (κ3) is 9.50. The summed E-state index contributed by atoms with van der Waals surface area (Å²) in [5, 5.41) is 0. The molecule has 1 heterocycles. The molecule has 0 aliphatic carbocycles. The van der Waals surface area contributed by atoms with Crippen molar-refractivity contribution in [2.45, 2.75) is 67.1 Å². The summed E-state index contributed by atoms with van der Waals surface area (Å²) < 4.78 is 35.3. The van der Waals surface area contributed by atoms with E-state index in [-0.39, 0.29) is 6.61 Å². The van der Waals surface area contributed by atoms with E-state index in [0.717, 1.165) is 28.2 Å². The van der Waals surface area contributed by atoms with Crippen LogP contribution in [0, 0.1) is 6.92 Å². The van der Waals surface area contributed by atoms with Crippen LogP contribution >= 0.6 is 19.0 Å². The van der Waals surface area contributed by atoms with E-state index in [2.05, 4.69) is 39.0 Å². The van der Waals surface area contributed by atoms with Crippen LogP contribution < -0.4 is 0 Å². The van der Waals surface area contributed by atoms with Gasteiger partial charge < -0.3 is 9.26 Å². The number of ether oxygens (including phenoxy) is 1. The highest BCUT2D eigenvalue weighted by atomic mass is 32.1. The monoisotopic (exact) mass is 388 g/mol. The molecule has 0 saturated carbocycles. The summed E-state index contributed by atoms with van der Waals surface area (Å²) in [7, 11) is -4.17. The van der Waals surface area contributed by atoms with Gasteiger partial charge in [0.1, 0.15) is 0 Å². The van der Waals surface area contributed by atoms with E-state index in [9.17, 15) is 8.76 Å². The van der Waals surface area contributed by atoms with Gasteiger partial charge in [-0.3, -0.25) is 4.57 Å². The van der Waals surface area contributed by atoms with Gasteiger partial charge in [0.25, 0.3) is 0 Å². The second-order valence-electron chi connectivity index (χ2n) is 6.79. The molecule has 0 aromatic carbocycles. The average molecular weight is 388 g/mol. The Labute approximate surface area is 155 Å². The van der Waals surface area contributed by atoms with Crippen molar-refractivity contribution >= 4 is 25.1 Å². The zero-order chi connectivity index (χ0) is 19.0. The van der Waals surface area contributed by atoms with Crippen LogP contribution in [0.1, 0.15) is 62.8 Å². The molecule has 1 aromatic rings. The maximum Gasteiger partial charge on any atom is 0.392 e. The molecule has 1 atom stereocenters. The van der Waals surface area contributed by atoms with Crippen LogP contribution in [0.5, 0.6) is 0 Å². The van der Waals surface area contributed by atoms with Gasteiger partial charge in [-0.2, -0.15) is 4.20 Å². The molecule has 6 heteroatoms. The van der Waals surface area contributed by atoms with E-state index in [1.54, 1.807) is 25.2 Å². The van der Waals surface area contributed by atoms with Crippen molar-refractivity contribution in [3.05, 3.63) is 38.6 Å². The lowest BCUT2D eigenvalue weighted by Crippen LogP contribution is -2.02. The van der Waals surface area contributed by atoms with Gasteiger partial charge in [-0.15, -0.1) is 11.3 Å². The smallest absolute Gasteiger partial charge is 0.363 e. The highest BCUT2D eigenvalue weighted by Gasteiger charge is 2.24. The number of thiophene rings is 1. The Bertz CT molecular complexity index is 658. The van der Waals surface area contributed by atoms with Gasteiger partial charge in [-0.05, 0) is 72.1 Å². The summed E-state index contributed by atoms with van der Waals surface area (Å²) in [6.07, 6.45) is 5.58. The molecule has 1 aromatic heterocycles. The number of hydrogen-bond acceptors (Lipinski definition) is 4. The molecule has 25 heavy (non-hydrogen) atoms. The first kappa shape index (κ1) is 22.3. The largest absolute Gasteiger partial charge is 0.392 e. The van der Waals surface area contributed by atoms with Gasteiger partial charge in [0.05, 0.1) is 12.7 Å². The van der Waals surface area contributed by atoms with Gasteiger partial charge in [-0.1, -0.05) is 17.2 Å². The van der Waals surface area contributed by atoms with Crippen LogP contribution in [0.15, 0.2) is 23.3 Å². The molecule has 0 N–H and O–H groups in total. The number of aryl methyl sites for hydroxylation is 1. The minimum atomic E-state index is -4.17. The van der Waals surface area contributed by atoms with Crippen LogP contribution in [0.2, 0.25) is 0 Å². The molecule has 1 unspecified atom stereocenters. The van der Waals surface area contributed by atoms with E-state index in [1.165, 1.54) is 11.1 Å². The topological polar surface area (TPSA) is 35.5 Å². The van der Waals surface area contributed by atoms with Crippen molar-refractivity contribution < 1.29 is 18.0 Å². The molecule has 0 bridgehead atoms. The molecule has 0 spiro atoms. The predicted molar refractivity (Wildman–Crippen MR) is 106 cm³/mol. The molecular weight excluding hydrogens is 358 g/mol. The summed E-state index contributed by atoms with van der Waals surface area (Å²) in [4.78, 5) is 2.18. The van der Waals surface area contributed by atoms with Gasteiger partial charge in [0, 0.05) is 9.75 Å². The van der Waals surface area contributed by atoms with Crippen molar-refractivity contribution in [2.24, 2.45) is 0 Å². The maximum absolute atomic E-state index is 13.7. The molecule has 0 radical (unpaired) electrons. The van der Waals surface area contributed by atoms with E-state index in [4.69, 9.17) is 9.26 Å². The van der Waals surface area contributed by atoms with Crippen LogP contribution in [0.25, 0.3) is 6.08 Å². The summed E-state index contributed by atoms with van der Waals surface area (Å²) in [6, 6.07) is 2.10. The molecule has 0 saturated heterocycles. The second-order valence-corrected chi connectivity index (χ2v) is 9.61. The minimum absolute atomic E-state index is 0.247. The molecule has 0 fully saturated rings. The third-order valence-electron chi connectivity index (χ3n) is 3.37. The first-order valence-electron chi connectivity index (χ1n) is 8.54. The van der Waals surface area contributed by atoms with Gasteiger partial charge in [-0.25, -0.2) is 0 Å². The number of allylic oxidation sites excluding steroid dienone is 3. The van der Waals surface area contributed by atoms with E-state index < -0.39 is 20.1 Å². The quantitative estimate of drug-likeness (QED) is 0.312. The second kappa shape index (κ2) is 10.4. The first-order chi connectivity index (χ1) is 11.6. The van der Waals surface area contributed by atoms with Crippen molar-refractivity contribution in [3.8, 4) is 0 Å². The van der Waals surface area contributed by atoms with Crippen molar-refractivity contribution in [1.29, 1.82) is 0 Å². The Morgan fingerprint density at radius 2 is 2.04 bits per heavy atom. The van der Waals surface area contributed by atoms with E-state index in [1.807, 2.05) is 6.92 Å². The van der Waals surface area contributed by atoms with Gasteiger partial charge in [0.15, 0.2) is 6.35 Å². The molecule has 1 rings (SSSR count). The number of halogens is 1. The Hall–Kier alpha value is -0.740. The van der Waals surface area contributed by atoms with Crippen molar-refractivity contribution in [2.75, 3.05) is 6.35 Å². The first-order valence-corrected chi connectivity index (χ1v) is 11.1. The molecule has 0 amide bonds. The van der Waals surface area contributed by atoms with Crippen LogP contribution in [-0.2, 0) is 20.4 Å². The maximum atomic E-state index is 13.7. The Balaban J connectivity index is 2.58. The SMILES string of the molecule is CC(C)=CCC/C(C)=C/c1cc(C)c(COCP(=O)(F)OC(C)C)s1. The predicted octanol–water partition coefficient (Wildman–Crippen LogP) is 7.27. The van der Waals surface area contributed by atoms with Crippen LogP contribution in [0.3, 0.4) is 0 Å². The van der Waals surface area contributed by atoms with E-state index >= 15 is 0 Å². The fourth-order valence-electron chi connectivity index (χ4n) is 2.26. The summed E-state index contributed by atoms with van der Waals surface area (Å²) in [6.45, 7) is 11.9.